The van der Waals surface area contributed by atoms with E-state index in [0.717, 1.165) is 5.57 Å². The van der Waals surface area contributed by atoms with E-state index < -0.39 is 35.2 Å². The molecule has 3 aliphatic heterocycles. The van der Waals surface area contributed by atoms with E-state index in [1.165, 1.54) is 17.6 Å². The fraction of sp³-hybridized carbons (Fsp3) is 0.500. The molecule has 1 aromatic carbocycles. The first kappa shape index (κ1) is 20.0. The zero-order chi connectivity index (χ0) is 22.2. The fourth-order valence-corrected chi connectivity index (χ4v) is 6.79. The molecule has 2 aliphatic carbocycles. The van der Waals surface area contributed by atoms with Crippen LogP contribution in [-0.2, 0) is 23.9 Å². The minimum absolute atomic E-state index is 0.240. The average molecular weight is 422 g/mol. The lowest BCUT2D eigenvalue weighted by Crippen LogP contribution is -2.74. The normalized spacial score (nSPS) is 36.6. The third kappa shape index (κ3) is 2.29. The van der Waals surface area contributed by atoms with Crippen LogP contribution in [-0.4, -0.2) is 48.8 Å². The second-order valence-corrected chi connectivity index (χ2v) is 9.40. The van der Waals surface area contributed by atoms with E-state index in [4.69, 9.17) is 4.74 Å². The number of hydrogen-bond acceptors (Lipinski definition) is 5. The molecule has 6 rings (SSSR count). The second-order valence-electron chi connectivity index (χ2n) is 9.40. The maximum Gasteiger partial charge on any atom is 0.313 e. The Morgan fingerprint density at radius 2 is 1.65 bits per heavy atom. The first-order valence-corrected chi connectivity index (χ1v) is 10.7. The molecule has 1 aromatic rings. The van der Waals surface area contributed by atoms with E-state index in [1.54, 1.807) is 36.2 Å². The Morgan fingerprint density at radius 3 is 2.29 bits per heavy atom. The van der Waals surface area contributed by atoms with Crippen LogP contribution in [0.5, 0.6) is 0 Å². The number of fused-ring (bicyclic) bond motifs is 1. The van der Waals surface area contributed by atoms with Gasteiger partial charge in [-0.05, 0) is 38.8 Å². The molecule has 3 saturated heterocycles. The molecule has 3 heterocycles. The highest BCUT2D eigenvalue weighted by molar-refractivity contribution is 6.24. The molecule has 3 amide bonds. The molecule has 5 aliphatic rings. The van der Waals surface area contributed by atoms with Crippen LogP contribution in [0, 0.1) is 29.1 Å². The lowest BCUT2D eigenvalue weighted by molar-refractivity contribution is -0.204. The topological polar surface area (TPSA) is 84.0 Å². The quantitative estimate of drug-likeness (QED) is 0.414. The zero-order valence-corrected chi connectivity index (χ0v) is 18.1. The number of benzene rings is 1. The Morgan fingerprint density at radius 1 is 1.00 bits per heavy atom. The monoisotopic (exact) mass is 422 g/mol. The minimum Gasteiger partial charge on any atom is -0.469 e. The smallest absolute Gasteiger partial charge is 0.313 e. The van der Waals surface area contributed by atoms with Gasteiger partial charge in [0.05, 0.1) is 36.0 Å². The lowest BCUT2D eigenvalue weighted by Gasteiger charge is -2.62. The van der Waals surface area contributed by atoms with Crippen LogP contribution >= 0.6 is 0 Å². The molecule has 0 spiro atoms. The number of carbonyl (C=O) groups excluding carboxylic acids is 4. The summed E-state index contributed by atoms with van der Waals surface area (Å²) in [6, 6.07) is 8.29. The van der Waals surface area contributed by atoms with Crippen molar-refractivity contribution in [1.29, 1.82) is 0 Å². The van der Waals surface area contributed by atoms with Gasteiger partial charge in [0.1, 0.15) is 0 Å². The summed E-state index contributed by atoms with van der Waals surface area (Å²) in [6.07, 6.45) is 0.989. The number of carbonyl (C=O) groups is 4. The number of nitrogens with zero attached hydrogens (tertiary/aromatic N) is 2. The van der Waals surface area contributed by atoms with E-state index in [-0.39, 0.29) is 23.6 Å². The molecule has 0 N–H and O–H groups in total. The zero-order valence-electron chi connectivity index (χ0n) is 18.1. The van der Waals surface area contributed by atoms with Crippen molar-refractivity contribution < 1.29 is 23.9 Å². The van der Waals surface area contributed by atoms with Crippen molar-refractivity contribution in [2.75, 3.05) is 19.1 Å². The number of methoxy groups -OCH3 is 1. The van der Waals surface area contributed by atoms with Crippen molar-refractivity contribution in [2.24, 2.45) is 29.1 Å². The molecular formula is C24H26N2O5. The summed E-state index contributed by atoms with van der Waals surface area (Å²) >= 11 is 0. The van der Waals surface area contributed by atoms with Gasteiger partial charge in [0.15, 0.2) is 0 Å². The van der Waals surface area contributed by atoms with Gasteiger partial charge < -0.3 is 9.64 Å². The van der Waals surface area contributed by atoms with Gasteiger partial charge in [0.2, 0.25) is 17.7 Å². The van der Waals surface area contributed by atoms with Crippen LogP contribution in [0.15, 0.2) is 41.5 Å². The van der Waals surface area contributed by atoms with Gasteiger partial charge in [-0.25, -0.2) is 4.90 Å². The lowest BCUT2D eigenvalue weighted by atomic mass is 9.44. The highest BCUT2D eigenvalue weighted by Gasteiger charge is 2.76. The Kier molecular flexibility index (Phi) is 4.20. The van der Waals surface area contributed by atoms with Crippen LogP contribution in [0.25, 0.3) is 0 Å². The molecule has 31 heavy (non-hydrogen) atoms. The number of piperidine rings is 2. The number of amides is 3. The Balaban J connectivity index is 1.71. The molecule has 0 aromatic heterocycles. The predicted octanol–water partition coefficient (Wildman–Crippen LogP) is 2.17. The third-order valence-electron chi connectivity index (χ3n) is 8.21. The SMILES string of the molecule is COC(=O)[C@]12CC(C)=C(C)C[C@@H]1[C@H]1[C@@H]3C(=O)N(c4ccccc4)C(=O)[C@@H]3[C@H]2C(=O)N1C. The first-order chi connectivity index (χ1) is 14.8. The largest absolute Gasteiger partial charge is 0.469 e. The van der Waals surface area contributed by atoms with E-state index in [2.05, 4.69) is 0 Å². The van der Waals surface area contributed by atoms with Crippen molar-refractivity contribution in [3.05, 3.63) is 41.5 Å². The maximum atomic E-state index is 13.6. The van der Waals surface area contributed by atoms with Crippen molar-refractivity contribution in [2.45, 2.75) is 32.7 Å². The summed E-state index contributed by atoms with van der Waals surface area (Å²) < 4.78 is 5.25. The van der Waals surface area contributed by atoms with Gasteiger partial charge in [-0.3, -0.25) is 19.2 Å². The highest BCUT2D eigenvalue weighted by Crippen LogP contribution is 2.65. The van der Waals surface area contributed by atoms with Gasteiger partial charge in [0, 0.05) is 19.0 Å². The summed E-state index contributed by atoms with van der Waals surface area (Å²) in [5.41, 5.74) is 1.61. The molecule has 0 radical (unpaired) electrons. The summed E-state index contributed by atoms with van der Waals surface area (Å²) in [5, 5.41) is 0. The molecule has 6 atom stereocenters. The standard InChI is InChI=1S/C24H26N2O5/c1-12-10-15-19-17-16(20(27)26(21(17)28)14-8-6-5-7-9-14)18(22(29)25(19)3)24(15,11-13(12)2)23(30)31-4/h5-9,15-19H,10-11H2,1-4H3/t15-,16+,17-,18+,19+,24-/m1/s1. The first-order valence-electron chi connectivity index (χ1n) is 10.7. The molecule has 162 valence electrons. The van der Waals surface area contributed by atoms with Gasteiger partial charge in [-0.2, -0.15) is 0 Å². The Bertz CT molecular complexity index is 1050. The Hall–Kier alpha value is -2.96. The maximum absolute atomic E-state index is 13.6. The number of imide groups is 1. The van der Waals surface area contributed by atoms with E-state index >= 15 is 0 Å². The average Bonchev–Trinajstić information content (AvgIpc) is 3.02. The number of esters is 1. The van der Waals surface area contributed by atoms with Crippen LogP contribution in [0.4, 0.5) is 5.69 Å². The van der Waals surface area contributed by atoms with Crippen molar-refractivity contribution in [3.8, 4) is 0 Å². The third-order valence-corrected chi connectivity index (χ3v) is 8.21. The minimum atomic E-state index is -1.11. The summed E-state index contributed by atoms with van der Waals surface area (Å²) in [6.45, 7) is 4.01. The molecular weight excluding hydrogens is 396 g/mol. The van der Waals surface area contributed by atoms with E-state index in [1.807, 2.05) is 19.9 Å². The molecule has 1 saturated carbocycles. The van der Waals surface area contributed by atoms with Gasteiger partial charge in [-0.15, -0.1) is 0 Å². The van der Waals surface area contributed by atoms with E-state index in [0.29, 0.717) is 18.5 Å². The summed E-state index contributed by atoms with van der Waals surface area (Å²) in [4.78, 5) is 56.9. The van der Waals surface area contributed by atoms with Crippen LogP contribution < -0.4 is 4.90 Å². The fourth-order valence-electron chi connectivity index (χ4n) is 6.79. The molecule has 7 nitrogen and oxygen atoms in total. The predicted molar refractivity (Wildman–Crippen MR) is 112 cm³/mol. The number of para-hydroxylation sites is 1. The highest BCUT2D eigenvalue weighted by atomic mass is 16.5. The number of hydrogen-bond donors (Lipinski definition) is 0. The number of allylic oxidation sites excluding steroid dienone is 2. The van der Waals surface area contributed by atoms with Gasteiger partial charge in [0.25, 0.3) is 0 Å². The van der Waals surface area contributed by atoms with Gasteiger partial charge >= 0.3 is 5.97 Å². The molecule has 7 heteroatoms. The Labute approximate surface area is 181 Å². The molecule has 2 bridgehead atoms. The molecule has 4 fully saturated rings. The van der Waals surface area contributed by atoms with Crippen molar-refractivity contribution >= 4 is 29.4 Å². The van der Waals surface area contributed by atoms with Crippen LogP contribution in [0.3, 0.4) is 0 Å². The number of anilines is 1. The second kappa shape index (κ2) is 6.52. The summed E-state index contributed by atoms with van der Waals surface area (Å²) in [7, 11) is 3.03. The van der Waals surface area contributed by atoms with Crippen LogP contribution in [0.1, 0.15) is 26.7 Å². The molecule has 0 unspecified atom stereocenters. The van der Waals surface area contributed by atoms with Crippen LogP contribution in [0.2, 0.25) is 0 Å². The summed E-state index contributed by atoms with van der Waals surface area (Å²) in [5.74, 6) is -4.00. The number of rotatable bonds is 2. The van der Waals surface area contributed by atoms with Crippen molar-refractivity contribution in [1.82, 2.24) is 4.90 Å². The van der Waals surface area contributed by atoms with Gasteiger partial charge in [-0.1, -0.05) is 29.3 Å². The number of ether oxygens (including phenoxy) is 1. The van der Waals surface area contributed by atoms with E-state index in [9.17, 15) is 19.2 Å². The van der Waals surface area contributed by atoms with Crippen molar-refractivity contribution in [3.63, 3.8) is 0 Å².